The lowest BCUT2D eigenvalue weighted by molar-refractivity contribution is 1.22. The number of rotatable bonds is 7. The van der Waals surface area contributed by atoms with Crippen LogP contribution in [0.3, 0.4) is 0 Å². The van der Waals surface area contributed by atoms with E-state index < -0.39 is 7.26 Å². The van der Waals surface area contributed by atoms with Gasteiger partial charge in [0.05, 0.1) is 0 Å². The van der Waals surface area contributed by atoms with Crippen LogP contribution in [0.4, 0.5) is 0 Å². The zero-order chi connectivity index (χ0) is 19.0. The number of hydrogen-bond donors (Lipinski definition) is 0. The van der Waals surface area contributed by atoms with Gasteiger partial charge in [0, 0.05) is 0 Å². The Labute approximate surface area is 163 Å². The Morgan fingerprint density at radius 2 is 1.11 bits per heavy atom. The molecule has 1 heteroatoms. The average Bonchev–Trinajstić information content (AvgIpc) is 2.74. The maximum atomic E-state index is 4.58. The largest absolute Gasteiger partial charge is 0.143 e. The summed E-state index contributed by atoms with van der Waals surface area (Å²) >= 11 is 0. The molecule has 0 saturated heterocycles. The van der Waals surface area contributed by atoms with Gasteiger partial charge in [0.1, 0.15) is 28.5 Å². The molecule has 27 heavy (non-hydrogen) atoms. The highest BCUT2D eigenvalue weighted by Crippen LogP contribution is 2.62. The molecule has 3 rings (SSSR count). The van der Waals surface area contributed by atoms with Crippen molar-refractivity contribution in [2.75, 3.05) is 0 Å². The number of allylic oxidation sites excluding steroid dienone is 5. The zero-order valence-electron chi connectivity index (χ0n) is 15.8. The van der Waals surface area contributed by atoms with Crippen molar-refractivity contribution >= 4 is 23.2 Å². The van der Waals surface area contributed by atoms with Crippen LogP contribution in [0.5, 0.6) is 0 Å². The molecule has 0 fully saturated rings. The summed E-state index contributed by atoms with van der Waals surface area (Å²) in [5, 5.41) is 5.15. The van der Waals surface area contributed by atoms with E-state index in [2.05, 4.69) is 129 Å². The van der Waals surface area contributed by atoms with Crippen LogP contribution in [0.25, 0.3) is 0 Å². The van der Waals surface area contributed by atoms with Crippen molar-refractivity contribution in [2.24, 2.45) is 0 Å². The van der Waals surface area contributed by atoms with Gasteiger partial charge < -0.3 is 0 Å². The molecule has 0 aromatic heterocycles. The first-order valence-corrected chi connectivity index (χ1v) is 11.2. The fourth-order valence-corrected chi connectivity index (χ4v) is 7.45. The zero-order valence-corrected chi connectivity index (χ0v) is 16.7. The van der Waals surface area contributed by atoms with Crippen LogP contribution in [0.15, 0.2) is 127 Å². The van der Waals surface area contributed by atoms with Crippen LogP contribution in [0.2, 0.25) is 0 Å². The summed E-state index contributed by atoms with van der Waals surface area (Å²) in [6.07, 6.45) is 9.62. The molecule has 0 nitrogen and oxygen atoms in total. The molecule has 0 spiro atoms. The summed E-state index contributed by atoms with van der Waals surface area (Å²) in [5.74, 6) is 0. The Bertz CT molecular complexity index is 810. The van der Waals surface area contributed by atoms with E-state index in [1.54, 1.807) is 0 Å². The Morgan fingerprint density at radius 3 is 1.48 bits per heavy atom. The first-order chi connectivity index (χ1) is 13.3. The standard InChI is InChI=1S/C26H26P/c1-3-4-5-9-16-23(2)27(24-17-10-6-11-18-24,25-19-12-7-13-20-25)26-21-14-8-15-22-26/h4-22H,2-3H2,1H3/q+1/b5-4-,16-9+. The van der Waals surface area contributed by atoms with Crippen molar-refractivity contribution in [3.63, 3.8) is 0 Å². The predicted molar refractivity (Wildman–Crippen MR) is 123 cm³/mol. The van der Waals surface area contributed by atoms with E-state index >= 15 is 0 Å². The maximum Gasteiger partial charge on any atom is 0.143 e. The maximum absolute atomic E-state index is 4.58. The summed E-state index contributed by atoms with van der Waals surface area (Å²) in [6.45, 7) is 6.73. The highest BCUT2D eigenvalue weighted by atomic mass is 31.2. The molecule has 0 saturated carbocycles. The smallest absolute Gasteiger partial charge is 0.0848 e. The third kappa shape index (κ3) is 4.02. The third-order valence-corrected chi connectivity index (χ3v) is 8.86. The minimum atomic E-state index is -2.01. The van der Waals surface area contributed by atoms with Gasteiger partial charge in [-0.15, -0.1) is 0 Å². The fraction of sp³-hybridized carbons (Fsp3) is 0.0769. The summed E-state index contributed by atoms with van der Waals surface area (Å²) < 4.78 is 0. The Balaban J connectivity index is 2.28. The van der Waals surface area contributed by atoms with Gasteiger partial charge in [-0.3, -0.25) is 0 Å². The van der Waals surface area contributed by atoms with Crippen molar-refractivity contribution in [1.29, 1.82) is 0 Å². The van der Waals surface area contributed by atoms with E-state index in [0.717, 1.165) is 11.7 Å². The van der Waals surface area contributed by atoms with Gasteiger partial charge in [-0.25, -0.2) is 0 Å². The molecular formula is C26H26P+. The normalized spacial score (nSPS) is 11.9. The molecule has 0 atom stereocenters. The molecule has 0 heterocycles. The summed E-state index contributed by atoms with van der Waals surface area (Å²) in [5.41, 5.74) is 0. The molecule has 0 N–H and O–H groups in total. The van der Waals surface area contributed by atoms with Gasteiger partial charge in [-0.2, -0.15) is 0 Å². The van der Waals surface area contributed by atoms with Crippen molar-refractivity contribution in [2.45, 2.75) is 13.3 Å². The third-order valence-electron chi connectivity index (χ3n) is 4.63. The van der Waals surface area contributed by atoms with E-state index in [-0.39, 0.29) is 0 Å². The van der Waals surface area contributed by atoms with E-state index in [1.807, 2.05) is 0 Å². The van der Waals surface area contributed by atoms with Crippen LogP contribution < -0.4 is 15.9 Å². The second-order valence-electron chi connectivity index (χ2n) is 6.36. The highest BCUT2D eigenvalue weighted by Gasteiger charge is 2.47. The molecule has 134 valence electrons. The second kappa shape index (κ2) is 9.31. The van der Waals surface area contributed by atoms with E-state index in [0.29, 0.717) is 0 Å². The van der Waals surface area contributed by atoms with Crippen molar-refractivity contribution in [3.8, 4) is 0 Å². The summed E-state index contributed by atoms with van der Waals surface area (Å²) in [4.78, 5) is 0. The Morgan fingerprint density at radius 1 is 0.704 bits per heavy atom. The van der Waals surface area contributed by atoms with Crippen LogP contribution in [0.1, 0.15) is 13.3 Å². The van der Waals surface area contributed by atoms with E-state index in [4.69, 9.17) is 0 Å². The van der Waals surface area contributed by atoms with E-state index in [9.17, 15) is 0 Å². The topological polar surface area (TPSA) is 0 Å². The van der Waals surface area contributed by atoms with Gasteiger partial charge in [0.2, 0.25) is 0 Å². The van der Waals surface area contributed by atoms with Gasteiger partial charge >= 0.3 is 0 Å². The number of hydrogen-bond acceptors (Lipinski definition) is 0. The SMILES string of the molecule is C=C(/C=C/C=C\CC)[P+](c1ccccc1)(c1ccccc1)c1ccccc1. The van der Waals surface area contributed by atoms with Gasteiger partial charge in [0.15, 0.2) is 0 Å². The van der Waals surface area contributed by atoms with Crippen LogP contribution >= 0.6 is 7.26 Å². The first kappa shape index (κ1) is 19.1. The predicted octanol–water partition coefficient (Wildman–Crippen LogP) is 6.02. The van der Waals surface area contributed by atoms with Crippen molar-refractivity contribution in [3.05, 3.63) is 127 Å². The number of benzene rings is 3. The minimum Gasteiger partial charge on any atom is -0.0848 e. The Kier molecular flexibility index (Phi) is 6.58. The summed E-state index contributed by atoms with van der Waals surface area (Å²) in [7, 11) is -2.01. The monoisotopic (exact) mass is 369 g/mol. The van der Waals surface area contributed by atoms with Gasteiger partial charge in [-0.05, 0) is 48.9 Å². The molecule has 0 amide bonds. The van der Waals surface area contributed by atoms with E-state index in [1.165, 1.54) is 15.9 Å². The molecule has 3 aromatic rings. The van der Waals surface area contributed by atoms with Crippen LogP contribution in [-0.4, -0.2) is 0 Å². The molecule has 0 unspecified atom stereocenters. The second-order valence-corrected chi connectivity index (χ2v) is 9.83. The fourth-order valence-electron chi connectivity index (χ4n) is 3.39. The molecule has 0 radical (unpaired) electrons. The first-order valence-electron chi connectivity index (χ1n) is 9.38. The van der Waals surface area contributed by atoms with Crippen LogP contribution in [-0.2, 0) is 0 Å². The molecule has 3 aromatic carbocycles. The lowest BCUT2D eigenvalue weighted by Gasteiger charge is -2.27. The van der Waals surface area contributed by atoms with Gasteiger partial charge in [-0.1, -0.05) is 86.3 Å². The van der Waals surface area contributed by atoms with Crippen molar-refractivity contribution in [1.82, 2.24) is 0 Å². The Hall–Kier alpha value is -2.69. The quantitative estimate of drug-likeness (QED) is 0.353. The highest BCUT2D eigenvalue weighted by molar-refractivity contribution is 7.99. The molecule has 0 bridgehead atoms. The molecule has 0 aliphatic rings. The van der Waals surface area contributed by atoms with Crippen LogP contribution in [0, 0.1) is 0 Å². The average molecular weight is 369 g/mol. The molecular weight excluding hydrogens is 343 g/mol. The van der Waals surface area contributed by atoms with Gasteiger partial charge in [0.25, 0.3) is 0 Å². The molecule has 0 aliphatic heterocycles. The lowest BCUT2D eigenvalue weighted by atomic mass is 10.3. The summed E-state index contributed by atoms with van der Waals surface area (Å²) in [6, 6.07) is 32.5. The lowest BCUT2D eigenvalue weighted by Crippen LogP contribution is -2.31. The molecule has 0 aliphatic carbocycles. The van der Waals surface area contributed by atoms with Crippen molar-refractivity contribution < 1.29 is 0 Å². The minimum absolute atomic E-state index is 1.03.